The van der Waals surface area contributed by atoms with Gasteiger partial charge in [-0.2, -0.15) is 8.62 Å². The third-order valence-corrected chi connectivity index (χ3v) is 17.0. The quantitative estimate of drug-likeness (QED) is 0.0222. The zero-order chi connectivity index (χ0) is 56.4. The Bertz CT molecular complexity index is 3210. The number of aliphatic hydroxyl groups excluding tert-OH is 4. The fourth-order valence-electron chi connectivity index (χ4n) is 8.30. The molecule has 0 bridgehead atoms. The summed E-state index contributed by atoms with van der Waals surface area (Å²) in [5.41, 5.74) is 6.96. The van der Waals surface area contributed by atoms with Gasteiger partial charge in [0.2, 0.25) is 11.7 Å². The second-order valence-electron chi connectivity index (χ2n) is 16.9. The first-order valence-electron chi connectivity index (χ1n) is 21.5. The molecular weight excluding hydrogens is 1150 g/mol. The highest BCUT2D eigenvalue weighted by Crippen LogP contribution is 2.68. The van der Waals surface area contributed by atoms with Crippen LogP contribution in [0.25, 0.3) is 22.3 Å². The average Bonchev–Trinajstić information content (AvgIpc) is 4.17. The SMILES string of the molecule is Cn1c[n+]([C@@H]2O[C@H](COP(=O)(O)OP(=O)(O)OP(=O)(O)OCCC3(OP(=O)(O)OC[C@H]4O[C@@H](N5C=C(C=O)CNC5=O)C(O)C4O)CO[C@@H](n4cnc5c(N)ncnc54)C3OC(F)(F)F)C(O)C2O)c2nc(N)[nH]c(=O)c21. The predicted octanol–water partition coefficient (Wildman–Crippen LogP) is -3.21. The van der Waals surface area contributed by atoms with Crippen LogP contribution in [0.5, 0.6) is 0 Å². The lowest BCUT2D eigenvalue weighted by atomic mass is 9.95. The number of alkyl halides is 3. The van der Waals surface area contributed by atoms with Gasteiger partial charge in [0.25, 0.3) is 11.5 Å². The Morgan fingerprint density at radius 1 is 0.896 bits per heavy atom. The highest BCUT2D eigenvalue weighted by Gasteiger charge is 2.60. The molecular formula is C33H44F3N12O25P4+. The van der Waals surface area contributed by atoms with Crippen LogP contribution in [0, 0.1) is 0 Å². The van der Waals surface area contributed by atoms with Gasteiger partial charge < -0.3 is 71.0 Å². The Hall–Kier alpha value is -4.83. The minimum atomic E-state index is -6.34. The lowest BCUT2D eigenvalue weighted by Crippen LogP contribution is -2.51. The number of ether oxygens (including phenoxy) is 4. The van der Waals surface area contributed by atoms with E-state index in [9.17, 15) is 85.8 Å². The third kappa shape index (κ3) is 12.6. The van der Waals surface area contributed by atoms with Crippen molar-refractivity contribution in [3.63, 3.8) is 0 Å². The zero-order valence-corrected chi connectivity index (χ0v) is 42.2. The smallest absolute Gasteiger partial charge is 0.387 e. The molecule has 0 spiro atoms. The number of aromatic amines is 1. The van der Waals surface area contributed by atoms with Gasteiger partial charge >= 0.3 is 49.3 Å². The maximum atomic E-state index is 14.3. The number of anilines is 2. The molecule has 3 saturated heterocycles. The Balaban J connectivity index is 0.961. The van der Waals surface area contributed by atoms with E-state index < -0.39 is 149 Å². The summed E-state index contributed by atoms with van der Waals surface area (Å²) >= 11 is 0. The summed E-state index contributed by atoms with van der Waals surface area (Å²) in [7, 11) is -23.0. The van der Waals surface area contributed by atoms with Crippen LogP contribution in [0.2, 0.25) is 0 Å². The number of hydrogen-bond acceptors (Lipinski definition) is 27. The Morgan fingerprint density at radius 3 is 2.22 bits per heavy atom. The number of nitrogens with zero attached hydrogens (tertiary/aromatic N) is 8. The van der Waals surface area contributed by atoms with E-state index in [0.29, 0.717) is 11.2 Å². The van der Waals surface area contributed by atoms with Gasteiger partial charge in [-0.05, 0) is 0 Å². The van der Waals surface area contributed by atoms with Crippen LogP contribution in [0.3, 0.4) is 0 Å². The van der Waals surface area contributed by atoms with Crippen LogP contribution in [0.4, 0.5) is 29.7 Å². The second-order valence-corrected chi connectivity index (χ2v) is 22.9. The maximum absolute atomic E-state index is 14.3. The van der Waals surface area contributed by atoms with Crippen molar-refractivity contribution in [3.05, 3.63) is 41.1 Å². The summed E-state index contributed by atoms with van der Waals surface area (Å²) in [5, 5.41) is 45.1. The van der Waals surface area contributed by atoms with Crippen molar-refractivity contribution < 1.29 is 131 Å². The first-order valence-corrected chi connectivity index (χ1v) is 27.5. The average molecular weight is 1190 g/mol. The molecule has 2 amide bonds. The van der Waals surface area contributed by atoms with Gasteiger partial charge in [-0.15, -0.1) is 13.2 Å². The molecule has 0 aliphatic carbocycles. The number of hydrogen-bond donors (Lipinski definition) is 12. The van der Waals surface area contributed by atoms with E-state index in [1.54, 1.807) is 0 Å². The summed E-state index contributed by atoms with van der Waals surface area (Å²) in [6, 6.07) is -0.914. The molecule has 4 aromatic rings. The molecule has 14 N–H and O–H groups in total. The van der Waals surface area contributed by atoms with Crippen molar-refractivity contribution in [2.45, 2.75) is 79.8 Å². The summed E-state index contributed by atoms with van der Waals surface area (Å²) in [6.45, 7) is -5.46. The number of nitrogen functional groups attached to an aromatic ring is 2. The van der Waals surface area contributed by atoms with E-state index in [1.807, 2.05) is 0 Å². The first-order chi connectivity index (χ1) is 35.8. The molecule has 77 heavy (non-hydrogen) atoms. The van der Waals surface area contributed by atoms with E-state index in [4.69, 9.17) is 34.7 Å². The van der Waals surface area contributed by atoms with Gasteiger partial charge in [0.1, 0.15) is 66.5 Å². The molecule has 4 aliphatic heterocycles. The van der Waals surface area contributed by atoms with Crippen molar-refractivity contribution in [2.24, 2.45) is 7.05 Å². The van der Waals surface area contributed by atoms with Gasteiger partial charge in [0.15, 0.2) is 30.2 Å². The first kappa shape index (κ1) is 58.3. The fourth-order valence-corrected chi connectivity index (χ4v) is 12.9. The molecule has 37 nitrogen and oxygen atoms in total. The lowest BCUT2D eigenvalue weighted by Gasteiger charge is -2.36. The van der Waals surface area contributed by atoms with Gasteiger partial charge in [-0.25, -0.2) is 42.6 Å². The van der Waals surface area contributed by atoms with E-state index >= 15 is 0 Å². The van der Waals surface area contributed by atoms with E-state index in [1.165, 1.54) is 17.9 Å². The number of carbonyl (C=O) groups excluding carboxylic acids is 2. The molecule has 3 fully saturated rings. The molecule has 8 rings (SSSR count). The number of halogens is 3. The number of rotatable bonds is 21. The summed E-state index contributed by atoms with van der Waals surface area (Å²) in [5.74, 6) is -0.627. The number of H-pyrrole nitrogens is 1. The van der Waals surface area contributed by atoms with Crippen molar-refractivity contribution in [1.29, 1.82) is 0 Å². The summed E-state index contributed by atoms with van der Waals surface area (Å²) in [4.78, 5) is 96.9. The van der Waals surface area contributed by atoms with Crippen molar-refractivity contribution in [1.82, 2.24) is 44.3 Å². The predicted molar refractivity (Wildman–Crippen MR) is 235 cm³/mol. The molecule has 4 aromatic heterocycles. The molecule has 15 atom stereocenters. The van der Waals surface area contributed by atoms with Crippen molar-refractivity contribution in [3.8, 4) is 0 Å². The monoisotopic (exact) mass is 1190 g/mol. The van der Waals surface area contributed by atoms with Crippen LogP contribution in [0.15, 0.2) is 35.5 Å². The Kier molecular flexibility index (Phi) is 16.4. The maximum Gasteiger partial charge on any atom is 0.523 e. The molecule has 0 saturated carbocycles. The van der Waals surface area contributed by atoms with E-state index in [0.717, 1.165) is 28.0 Å². The van der Waals surface area contributed by atoms with Gasteiger partial charge in [-0.3, -0.25) is 51.4 Å². The number of aryl methyl sites for hydroxylation is 1. The highest BCUT2D eigenvalue weighted by molar-refractivity contribution is 7.66. The van der Waals surface area contributed by atoms with Crippen LogP contribution < -0.4 is 26.9 Å². The number of urea groups is 1. The van der Waals surface area contributed by atoms with Gasteiger partial charge in [-0.1, -0.05) is 4.98 Å². The largest absolute Gasteiger partial charge is 0.523 e. The molecule has 10 unspecified atom stereocenters. The number of phosphoric ester groups is 3. The van der Waals surface area contributed by atoms with Crippen LogP contribution in [-0.4, -0.2) is 185 Å². The van der Waals surface area contributed by atoms with Gasteiger partial charge in [0.05, 0.1) is 39.8 Å². The van der Waals surface area contributed by atoms with Crippen molar-refractivity contribution >= 4 is 77.7 Å². The second kappa shape index (κ2) is 21.7. The number of aliphatic hydroxyl groups is 4. The normalized spacial score (nSPS) is 31.2. The fraction of sp³-hybridized carbons (Fsp3) is 0.576. The number of aldehydes is 1. The number of imidazole rings is 2. The number of carbonyl (C=O) groups is 2. The minimum Gasteiger partial charge on any atom is -0.387 e. The van der Waals surface area contributed by atoms with Crippen LogP contribution >= 0.6 is 31.3 Å². The van der Waals surface area contributed by atoms with Crippen LogP contribution in [0.1, 0.15) is 18.9 Å². The standard InChI is InChI=1S/C33H43F3N12O25P4/c1-45-12-48(25-17(45)26(54)44-30(38)43-25)28-21(53)19(51)15(69-28)8-67-76(60,61)73-77(62,63)72-75(58,59)65-3-2-32(9-64-29(22(32)70-33(34,35)36)47-11-42-16-23(37)40-10-41-24(16)47)71-74(56,57)66-7-14-18(50)20(52)27(68-14)46-5-13(6-49)4-39-31(46)55/h5-6,10-12,14-15,18-22,27-29,50-53H,2-4,7-9H2,1H3,(H9-,37,38,39,40,41,43,44,54,55,56,57,58,59,60,61,62,63)/p+1/t14-,15-,18?,19?,20?,21?,22?,27-,28-,29-,32?/m1/s1. The molecule has 0 radical (unpaired) electrons. The molecule has 4 aliphatic rings. The molecule has 44 heteroatoms. The lowest BCUT2D eigenvalue weighted by molar-refractivity contribution is -0.745. The third-order valence-electron chi connectivity index (χ3n) is 11.6. The number of nitrogens with two attached hydrogens (primary N) is 2. The topological polar surface area (TPSA) is 522 Å². The summed E-state index contributed by atoms with van der Waals surface area (Å²) in [6.07, 6.45) is -22.3. The minimum absolute atomic E-state index is 0.0102. The molecule has 8 heterocycles. The number of fused-ring (bicyclic) bond motifs is 2. The van der Waals surface area contributed by atoms with Crippen LogP contribution in [-0.2, 0) is 75.8 Å². The van der Waals surface area contributed by atoms with E-state index in [-0.39, 0.29) is 46.2 Å². The highest BCUT2D eigenvalue weighted by atomic mass is 31.3. The van der Waals surface area contributed by atoms with Crippen molar-refractivity contribution in [2.75, 3.05) is 44.4 Å². The molecule has 426 valence electrons. The molecule has 0 aromatic carbocycles. The number of phosphoric acid groups is 4. The van der Waals surface area contributed by atoms with Gasteiger partial charge in [0, 0.05) is 24.7 Å². The van der Waals surface area contributed by atoms with E-state index in [2.05, 4.69) is 52.6 Å². The number of nitrogens with one attached hydrogen (secondary N) is 2. The number of aromatic nitrogens is 8. The summed E-state index contributed by atoms with van der Waals surface area (Å²) < 4.78 is 147. The zero-order valence-electron chi connectivity index (χ0n) is 38.6. The Labute approximate surface area is 425 Å². The number of amides is 2. The Morgan fingerprint density at radius 2 is 1.55 bits per heavy atom.